The van der Waals surface area contributed by atoms with Crippen molar-refractivity contribution in [1.82, 2.24) is 25.3 Å². The molecule has 3 heterocycles. The van der Waals surface area contributed by atoms with Crippen molar-refractivity contribution >= 4 is 16.7 Å². The van der Waals surface area contributed by atoms with Gasteiger partial charge < -0.3 is 25.2 Å². The smallest absolute Gasteiger partial charge is 0.300 e. The molecule has 0 radical (unpaired) electrons. The van der Waals surface area contributed by atoms with Gasteiger partial charge in [-0.2, -0.15) is 0 Å². The van der Waals surface area contributed by atoms with Crippen molar-refractivity contribution in [2.45, 2.75) is 43.5 Å². The molecule has 0 saturated carbocycles. The lowest BCUT2D eigenvalue weighted by molar-refractivity contribution is -0.383. The van der Waals surface area contributed by atoms with E-state index in [9.17, 15) is 25.4 Å². The zero-order valence-corrected chi connectivity index (χ0v) is 15.3. The minimum Gasteiger partial charge on any atom is -0.394 e. The predicted octanol–water partition coefficient (Wildman–Crippen LogP) is -1.52. The Balaban J connectivity index is 1.50. The van der Waals surface area contributed by atoms with Crippen LogP contribution in [0.4, 0.5) is 5.69 Å². The Kier molecular flexibility index (Phi) is 5.40. The topological polar surface area (TPSA) is 203 Å². The van der Waals surface area contributed by atoms with E-state index in [2.05, 4.69) is 25.3 Å². The van der Waals surface area contributed by atoms with Crippen LogP contribution in [0.5, 0.6) is 0 Å². The number of hydrogen-bond donors (Lipinski definition) is 4. The maximum atomic E-state index is 11.1. The lowest BCUT2D eigenvalue weighted by Crippen LogP contribution is -2.56. The van der Waals surface area contributed by atoms with Crippen LogP contribution in [0, 0.1) is 10.1 Å². The van der Waals surface area contributed by atoms with E-state index in [1.807, 2.05) is 0 Å². The molecule has 1 aromatic carbocycles. The van der Waals surface area contributed by atoms with Crippen LogP contribution >= 0.6 is 0 Å². The fourth-order valence-corrected chi connectivity index (χ4v) is 3.46. The average Bonchev–Trinajstić information content (AvgIpc) is 3.38. The van der Waals surface area contributed by atoms with E-state index < -0.39 is 42.2 Å². The molecule has 4 N–H and O–H groups in total. The molecule has 1 unspecified atom stereocenters. The summed E-state index contributed by atoms with van der Waals surface area (Å²) >= 11 is 0. The molecule has 1 fully saturated rings. The summed E-state index contributed by atoms with van der Waals surface area (Å²) in [5.74, 6) is 0. The number of rotatable bonds is 6. The fraction of sp³-hybridized carbons (Fsp3) is 0.500. The summed E-state index contributed by atoms with van der Waals surface area (Å²) in [7, 11) is 0. The van der Waals surface area contributed by atoms with Gasteiger partial charge in [0.2, 0.25) is 5.52 Å². The Morgan fingerprint density at radius 1 is 1.13 bits per heavy atom. The quantitative estimate of drug-likeness (QED) is 0.264. The van der Waals surface area contributed by atoms with Gasteiger partial charge in [-0.1, -0.05) is 5.21 Å². The summed E-state index contributed by atoms with van der Waals surface area (Å²) < 4.78 is 10.9. The first-order chi connectivity index (χ1) is 14.4. The molecule has 0 aliphatic carbocycles. The number of nitro groups is 1. The number of aryl methyl sites for hydroxylation is 2. The molecule has 160 valence electrons. The van der Waals surface area contributed by atoms with E-state index in [1.165, 1.54) is 16.9 Å². The summed E-state index contributed by atoms with van der Waals surface area (Å²) in [6, 6.07) is 1.77. The number of ether oxygens (including phenoxy) is 1. The number of aromatic nitrogens is 5. The molecule has 1 saturated heterocycles. The van der Waals surface area contributed by atoms with E-state index in [4.69, 9.17) is 9.84 Å². The molecule has 2 aromatic heterocycles. The van der Waals surface area contributed by atoms with Crippen molar-refractivity contribution in [2.75, 3.05) is 6.61 Å². The van der Waals surface area contributed by atoms with Crippen LogP contribution in [0.25, 0.3) is 11.0 Å². The average molecular weight is 422 g/mol. The Morgan fingerprint density at radius 3 is 2.63 bits per heavy atom. The first kappa shape index (κ1) is 20.2. The molecule has 1 aliphatic heterocycles. The van der Waals surface area contributed by atoms with Gasteiger partial charge >= 0.3 is 5.69 Å². The third-order valence-corrected chi connectivity index (χ3v) is 5.06. The van der Waals surface area contributed by atoms with Gasteiger partial charge in [0.25, 0.3) is 0 Å². The van der Waals surface area contributed by atoms with E-state index in [1.54, 1.807) is 6.07 Å². The number of benzene rings is 1. The van der Waals surface area contributed by atoms with Crippen LogP contribution in [0.2, 0.25) is 0 Å². The highest BCUT2D eigenvalue weighted by molar-refractivity contribution is 5.85. The molecule has 4 rings (SSSR count). The molecular weight excluding hydrogens is 404 g/mol. The van der Waals surface area contributed by atoms with Crippen LogP contribution in [-0.4, -0.2) is 81.9 Å². The van der Waals surface area contributed by atoms with E-state index in [-0.39, 0.29) is 16.7 Å². The van der Waals surface area contributed by atoms with Crippen molar-refractivity contribution in [2.24, 2.45) is 0 Å². The van der Waals surface area contributed by atoms with Crippen molar-refractivity contribution in [1.29, 1.82) is 0 Å². The van der Waals surface area contributed by atoms with Gasteiger partial charge in [0.05, 0.1) is 17.2 Å². The standard InChI is InChI=1S/C16H18N6O8/c23-6-10-14(24)15(25)13(16(26)29-10)21-5-8(17-20-21)3-1-7-2-4-9(22(27)28)12-11(7)18-30-19-12/h2,4-5,10,13-16,23-26H,1,3,6H2/t10-,13-,14-,15-,16?/m1/s1. The normalized spacial score (nSPS) is 26.9. The third kappa shape index (κ3) is 3.50. The number of fused-ring (bicyclic) bond motifs is 1. The van der Waals surface area contributed by atoms with E-state index in [0.717, 1.165) is 0 Å². The first-order valence-corrected chi connectivity index (χ1v) is 9.00. The van der Waals surface area contributed by atoms with Crippen molar-refractivity contribution in [3.8, 4) is 0 Å². The second-order valence-electron chi connectivity index (χ2n) is 6.87. The van der Waals surface area contributed by atoms with Crippen LogP contribution in [0.3, 0.4) is 0 Å². The monoisotopic (exact) mass is 422 g/mol. The molecule has 0 bridgehead atoms. The Hall–Kier alpha value is -3.04. The first-order valence-electron chi connectivity index (χ1n) is 9.00. The predicted molar refractivity (Wildman–Crippen MR) is 94.9 cm³/mol. The molecule has 0 amide bonds. The molecular formula is C16H18N6O8. The Labute approximate surface area is 167 Å². The summed E-state index contributed by atoms with van der Waals surface area (Å²) in [5.41, 5.74) is 1.28. The van der Waals surface area contributed by atoms with Gasteiger partial charge in [-0.15, -0.1) is 5.10 Å². The highest BCUT2D eigenvalue weighted by atomic mass is 16.6. The van der Waals surface area contributed by atoms with E-state index >= 15 is 0 Å². The second-order valence-corrected chi connectivity index (χ2v) is 6.87. The second kappa shape index (κ2) is 8.00. The van der Waals surface area contributed by atoms with Crippen molar-refractivity contribution in [3.05, 3.63) is 39.7 Å². The number of hydrogen-bond acceptors (Lipinski definition) is 12. The van der Waals surface area contributed by atoms with Gasteiger partial charge in [0.1, 0.15) is 29.9 Å². The number of nitrogens with zero attached hydrogens (tertiary/aromatic N) is 6. The molecule has 3 aromatic rings. The van der Waals surface area contributed by atoms with Gasteiger partial charge in [0.15, 0.2) is 6.29 Å². The maximum absolute atomic E-state index is 11.1. The zero-order chi connectivity index (χ0) is 21.4. The number of non-ortho nitro benzene ring substituents is 1. The highest BCUT2D eigenvalue weighted by Crippen LogP contribution is 2.29. The maximum Gasteiger partial charge on any atom is 0.300 e. The van der Waals surface area contributed by atoms with Gasteiger partial charge in [-0.25, -0.2) is 9.31 Å². The molecule has 0 spiro atoms. The Bertz CT molecular complexity index is 1050. The third-order valence-electron chi connectivity index (χ3n) is 5.06. The lowest BCUT2D eigenvalue weighted by Gasteiger charge is -2.39. The van der Waals surface area contributed by atoms with Crippen LogP contribution in [0.1, 0.15) is 17.3 Å². The molecule has 14 nitrogen and oxygen atoms in total. The van der Waals surface area contributed by atoms with Crippen LogP contribution in [0.15, 0.2) is 23.0 Å². The number of aliphatic hydroxyl groups excluding tert-OH is 4. The molecule has 30 heavy (non-hydrogen) atoms. The van der Waals surface area contributed by atoms with Gasteiger partial charge in [-0.3, -0.25) is 10.1 Å². The summed E-state index contributed by atoms with van der Waals surface area (Å²) in [6.07, 6.45) is -3.24. The fourth-order valence-electron chi connectivity index (χ4n) is 3.46. The molecule has 14 heteroatoms. The largest absolute Gasteiger partial charge is 0.394 e. The highest BCUT2D eigenvalue weighted by Gasteiger charge is 2.45. The zero-order valence-electron chi connectivity index (χ0n) is 15.3. The van der Waals surface area contributed by atoms with E-state index in [0.29, 0.717) is 24.1 Å². The van der Waals surface area contributed by atoms with Gasteiger partial charge in [0, 0.05) is 12.3 Å². The molecule has 5 atom stereocenters. The molecule has 1 aliphatic rings. The lowest BCUT2D eigenvalue weighted by atomic mass is 9.97. The van der Waals surface area contributed by atoms with Gasteiger partial charge in [-0.05, 0) is 34.8 Å². The minimum absolute atomic E-state index is 0.0548. The summed E-state index contributed by atoms with van der Waals surface area (Å²) in [6.45, 7) is -0.564. The number of nitro benzene ring substituents is 1. The minimum atomic E-state index is -1.51. The van der Waals surface area contributed by atoms with Crippen LogP contribution in [-0.2, 0) is 17.6 Å². The summed E-state index contributed by atoms with van der Waals surface area (Å²) in [5, 5.41) is 65.8. The van der Waals surface area contributed by atoms with Crippen molar-refractivity contribution in [3.63, 3.8) is 0 Å². The van der Waals surface area contributed by atoms with Crippen LogP contribution < -0.4 is 0 Å². The van der Waals surface area contributed by atoms with Crippen molar-refractivity contribution < 1.29 is 34.7 Å². The summed E-state index contributed by atoms with van der Waals surface area (Å²) in [4.78, 5) is 10.5. The SMILES string of the molecule is O=[N+]([O-])c1ccc(CCc2cn([C@H]3C(O)O[C@H](CO)[C@@H](O)[C@@H]3O)nn2)c2nonc12. The Morgan fingerprint density at radius 2 is 1.90 bits per heavy atom. The number of aliphatic hydroxyl groups is 4.